The standard InChI is InChI=1S/C18H14Cl2N4O2/c1-26-12-5-2-4-11(10-12)18(25)22-16-9-8-15(23-24-16)21-14-7-3-6-13(19)17(14)20/h2-10H,1H3,(H,21,23)(H,22,24,25). The van der Waals surface area contributed by atoms with Crippen LogP contribution in [0.2, 0.25) is 10.0 Å². The number of amides is 1. The van der Waals surface area contributed by atoms with Gasteiger partial charge in [-0.25, -0.2) is 0 Å². The number of carbonyl (C=O) groups excluding carboxylic acids is 1. The third kappa shape index (κ3) is 4.22. The molecule has 0 spiro atoms. The molecule has 26 heavy (non-hydrogen) atoms. The van der Waals surface area contributed by atoms with Gasteiger partial charge in [0.2, 0.25) is 0 Å². The number of halogens is 2. The summed E-state index contributed by atoms with van der Waals surface area (Å²) in [6.07, 6.45) is 0. The Balaban J connectivity index is 1.69. The quantitative estimate of drug-likeness (QED) is 0.656. The minimum Gasteiger partial charge on any atom is -0.497 e. The number of anilines is 3. The average Bonchev–Trinajstić information content (AvgIpc) is 2.67. The third-order valence-electron chi connectivity index (χ3n) is 3.45. The zero-order valence-corrected chi connectivity index (χ0v) is 15.2. The van der Waals surface area contributed by atoms with Gasteiger partial charge >= 0.3 is 0 Å². The molecule has 3 rings (SSSR count). The van der Waals surface area contributed by atoms with Gasteiger partial charge in [-0.3, -0.25) is 4.79 Å². The van der Waals surface area contributed by atoms with E-state index in [9.17, 15) is 4.79 Å². The summed E-state index contributed by atoms with van der Waals surface area (Å²) < 4.78 is 5.11. The van der Waals surface area contributed by atoms with Crippen LogP contribution in [-0.2, 0) is 0 Å². The zero-order valence-electron chi connectivity index (χ0n) is 13.7. The van der Waals surface area contributed by atoms with Crippen molar-refractivity contribution in [3.05, 3.63) is 70.2 Å². The topological polar surface area (TPSA) is 76.1 Å². The van der Waals surface area contributed by atoms with E-state index in [2.05, 4.69) is 20.8 Å². The van der Waals surface area contributed by atoms with Crippen LogP contribution in [-0.4, -0.2) is 23.2 Å². The zero-order chi connectivity index (χ0) is 18.5. The molecule has 0 aliphatic heterocycles. The van der Waals surface area contributed by atoms with Gasteiger partial charge in [0.25, 0.3) is 5.91 Å². The number of nitrogens with one attached hydrogen (secondary N) is 2. The summed E-state index contributed by atoms with van der Waals surface area (Å²) in [5.41, 5.74) is 1.07. The van der Waals surface area contributed by atoms with Gasteiger partial charge in [0.05, 0.1) is 22.8 Å². The predicted octanol–water partition coefficient (Wildman–Crippen LogP) is 4.79. The fourth-order valence-electron chi connectivity index (χ4n) is 2.16. The van der Waals surface area contributed by atoms with Crippen LogP contribution in [0.15, 0.2) is 54.6 Å². The van der Waals surface area contributed by atoms with Gasteiger partial charge in [-0.2, -0.15) is 0 Å². The van der Waals surface area contributed by atoms with Crippen LogP contribution >= 0.6 is 23.2 Å². The Bertz CT molecular complexity index is 933. The Kier molecular flexibility index (Phi) is 5.55. The summed E-state index contributed by atoms with van der Waals surface area (Å²) in [5.74, 6) is 1.08. The molecule has 1 heterocycles. The molecule has 132 valence electrons. The highest BCUT2D eigenvalue weighted by molar-refractivity contribution is 6.43. The van der Waals surface area contributed by atoms with Crippen LogP contribution < -0.4 is 15.4 Å². The molecule has 8 heteroatoms. The van der Waals surface area contributed by atoms with E-state index in [1.807, 2.05) is 0 Å². The van der Waals surface area contributed by atoms with Crippen LogP contribution in [0.5, 0.6) is 5.75 Å². The van der Waals surface area contributed by atoms with Crippen LogP contribution in [0.25, 0.3) is 0 Å². The molecule has 0 saturated heterocycles. The number of hydrogen-bond donors (Lipinski definition) is 2. The van der Waals surface area contributed by atoms with Gasteiger partial charge in [0, 0.05) is 5.56 Å². The maximum absolute atomic E-state index is 12.3. The van der Waals surface area contributed by atoms with E-state index < -0.39 is 0 Å². The first-order valence-electron chi connectivity index (χ1n) is 7.57. The lowest BCUT2D eigenvalue weighted by atomic mass is 10.2. The van der Waals surface area contributed by atoms with Gasteiger partial charge in [-0.15, -0.1) is 10.2 Å². The molecule has 0 aliphatic carbocycles. The molecule has 0 unspecified atom stereocenters. The number of hydrogen-bond acceptors (Lipinski definition) is 5. The van der Waals surface area contributed by atoms with Crippen molar-refractivity contribution in [2.45, 2.75) is 0 Å². The van der Waals surface area contributed by atoms with Gasteiger partial charge in [0.15, 0.2) is 11.6 Å². The summed E-state index contributed by atoms with van der Waals surface area (Å²) >= 11 is 12.1. The van der Waals surface area contributed by atoms with Crippen molar-refractivity contribution in [3.63, 3.8) is 0 Å². The summed E-state index contributed by atoms with van der Waals surface area (Å²) in [4.78, 5) is 12.3. The maximum Gasteiger partial charge on any atom is 0.256 e. The Hall–Kier alpha value is -2.83. The van der Waals surface area contributed by atoms with Crippen molar-refractivity contribution in [2.24, 2.45) is 0 Å². The number of benzene rings is 2. The molecule has 0 fully saturated rings. The van der Waals surface area contributed by atoms with Crippen LogP contribution in [0.1, 0.15) is 10.4 Å². The molecular weight excluding hydrogens is 375 g/mol. The van der Waals surface area contributed by atoms with E-state index in [-0.39, 0.29) is 5.91 Å². The van der Waals surface area contributed by atoms with E-state index in [0.717, 1.165) is 0 Å². The fraction of sp³-hybridized carbons (Fsp3) is 0.0556. The average molecular weight is 389 g/mol. The molecule has 0 atom stereocenters. The number of aromatic nitrogens is 2. The van der Waals surface area contributed by atoms with E-state index >= 15 is 0 Å². The molecule has 3 aromatic rings. The molecule has 1 amide bonds. The second-order valence-electron chi connectivity index (χ2n) is 5.22. The van der Waals surface area contributed by atoms with Crippen LogP contribution in [0.4, 0.5) is 17.3 Å². The Morgan fingerprint density at radius 3 is 2.46 bits per heavy atom. The molecule has 2 aromatic carbocycles. The number of ether oxygens (including phenoxy) is 1. The molecular formula is C18H14Cl2N4O2. The highest BCUT2D eigenvalue weighted by Gasteiger charge is 2.09. The van der Waals surface area contributed by atoms with Crippen molar-refractivity contribution in [1.82, 2.24) is 10.2 Å². The summed E-state index contributed by atoms with van der Waals surface area (Å²) in [5, 5.41) is 14.5. The van der Waals surface area contributed by atoms with E-state index in [0.29, 0.717) is 38.7 Å². The van der Waals surface area contributed by atoms with Gasteiger partial charge < -0.3 is 15.4 Å². The molecule has 0 saturated carbocycles. The van der Waals surface area contributed by atoms with Gasteiger partial charge in [-0.1, -0.05) is 35.3 Å². The minimum atomic E-state index is -0.309. The van der Waals surface area contributed by atoms with Crippen molar-refractivity contribution in [1.29, 1.82) is 0 Å². The summed E-state index contributed by atoms with van der Waals surface area (Å²) in [6.45, 7) is 0. The molecule has 0 aliphatic rings. The predicted molar refractivity (Wildman–Crippen MR) is 103 cm³/mol. The smallest absolute Gasteiger partial charge is 0.256 e. The largest absolute Gasteiger partial charge is 0.497 e. The lowest BCUT2D eigenvalue weighted by Crippen LogP contribution is -2.13. The van der Waals surface area contributed by atoms with E-state index in [4.69, 9.17) is 27.9 Å². The number of carbonyl (C=O) groups is 1. The van der Waals surface area contributed by atoms with E-state index in [1.54, 1.807) is 61.7 Å². The van der Waals surface area contributed by atoms with Crippen molar-refractivity contribution in [3.8, 4) is 5.75 Å². The van der Waals surface area contributed by atoms with Gasteiger partial charge in [0.1, 0.15) is 5.75 Å². The molecule has 1 aromatic heterocycles. The molecule has 6 nitrogen and oxygen atoms in total. The summed E-state index contributed by atoms with van der Waals surface area (Å²) in [7, 11) is 1.54. The monoisotopic (exact) mass is 388 g/mol. The number of methoxy groups -OCH3 is 1. The van der Waals surface area contributed by atoms with Crippen molar-refractivity contribution < 1.29 is 9.53 Å². The van der Waals surface area contributed by atoms with E-state index in [1.165, 1.54) is 0 Å². The molecule has 2 N–H and O–H groups in total. The first kappa shape index (κ1) is 18.0. The highest BCUT2D eigenvalue weighted by atomic mass is 35.5. The molecule has 0 radical (unpaired) electrons. The molecule has 0 bridgehead atoms. The van der Waals surface area contributed by atoms with Crippen LogP contribution in [0, 0.1) is 0 Å². The van der Waals surface area contributed by atoms with Crippen molar-refractivity contribution >= 4 is 46.4 Å². The van der Waals surface area contributed by atoms with Gasteiger partial charge in [-0.05, 0) is 42.5 Å². The highest BCUT2D eigenvalue weighted by Crippen LogP contribution is 2.31. The Labute approximate surface area is 160 Å². The number of nitrogens with zero attached hydrogens (tertiary/aromatic N) is 2. The fourth-order valence-corrected chi connectivity index (χ4v) is 2.50. The Morgan fingerprint density at radius 1 is 1.00 bits per heavy atom. The Morgan fingerprint density at radius 2 is 1.73 bits per heavy atom. The first-order chi connectivity index (χ1) is 12.6. The van der Waals surface area contributed by atoms with Crippen molar-refractivity contribution in [2.75, 3.05) is 17.7 Å². The minimum absolute atomic E-state index is 0.309. The third-order valence-corrected chi connectivity index (χ3v) is 4.27. The lowest BCUT2D eigenvalue weighted by molar-refractivity contribution is 0.102. The van der Waals surface area contributed by atoms with Crippen LogP contribution in [0.3, 0.4) is 0 Å². The maximum atomic E-state index is 12.3. The first-order valence-corrected chi connectivity index (χ1v) is 8.32. The number of rotatable bonds is 5. The summed E-state index contributed by atoms with van der Waals surface area (Å²) in [6, 6.07) is 15.4. The lowest BCUT2D eigenvalue weighted by Gasteiger charge is -2.09. The second kappa shape index (κ2) is 8.03. The SMILES string of the molecule is COc1cccc(C(=O)Nc2ccc(Nc3cccc(Cl)c3Cl)nn2)c1. The second-order valence-corrected chi connectivity index (χ2v) is 6.00. The normalized spacial score (nSPS) is 10.3.